The molecule has 5 rings (SSSR count). The van der Waals surface area contributed by atoms with Gasteiger partial charge in [0.1, 0.15) is 18.3 Å². The van der Waals surface area contributed by atoms with E-state index in [0.29, 0.717) is 19.8 Å². The zero-order valence-electron chi connectivity index (χ0n) is 23.8. The molecule has 0 amide bonds. The molecule has 1 fully saturated rings. The van der Waals surface area contributed by atoms with E-state index in [4.69, 9.17) is 18.9 Å². The highest BCUT2D eigenvalue weighted by molar-refractivity contribution is 7.85. The lowest BCUT2D eigenvalue weighted by Crippen LogP contribution is -2.60. The molecule has 4 aromatic rings. The van der Waals surface area contributed by atoms with Gasteiger partial charge in [0.05, 0.1) is 36.7 Å². The minimum Gasteiger partial charge on any atom is -0.368 e. The summed E-state index contributed by atoms with van der Waals surface area (Å²) in [7, 11) is -1.51. The van der Waals surface area contributed by atoms with Crippen molar-refractivity contribution in [3.8, 4) is 0 Å². The van der Waals surface area contributed by atoms with Gasteiger partial charge in [0.2, 0.25) is 0 Å². The van der Waals surface area contributed by atoms with Crippen LogP contribution in [0.5, 0.6) is 0 Å². The van der Waals surface area contributed by atoms with E-state index in [0.717, 1.165) is 32.7 Å². The number of hydrogen-bond acceptors (Lipinski definition) is 5. The van der Waals surface area contributed by atoms with Crippen molar-refractivity contribution in [1.82, 2.24) is 0 Å². The Balaban J connectivity index is 1.49. The van der Waals surface area contributed by atoms with Gasteiger partial charge in [-0.25, -0.2) is 0 Å². The molecule has 41 heavy (non-hydrogen) atoms. The molecule has 1 aliphatic rings. The van der Waals surface area contributed by atoms with E-state index in [2.05, 4.69) is 0 Å². The van der Waals surface area contributed by atoms with Crippen molar-refractivity contribution < 1.29 is 23.2 Å². The van der Waals surface area contributed by atoms with E-state index in [1.807, 2.05) is 130 Å². The third kappa shape index (κ3) is 7.39. The van der Waals surface area contributed by atoms with Gasteiger partial charge in [-0.15, -0.1) is 0 Å². The summed E-state index contributed by atoms with van der Waals surface area (Å²) in [6.07, 6.45) is -1.99. The second-order valence-electron chi connectivity index (χ2n) is 10.5. The summed E-state index contributed by atoms with van der Waals surface area (Å²) < 4.78 is 40.7. The maximum Gasteiger partial charge on any atom is 0.166 e. The molecule has 6 atom stereocenters. The third-order valence-electron chi connectivity index (χ3n) is 7.40. The molecule has 0 spiro atoms. The second-order valence-corrected chi connectivity index (χ2v) is 12.0. The molecule has 5 nitrogen and oxygen atoms in total. The van der Waals surface area contributed by atoms with Crippen LogP contribution in [0, 0.1) is 13.8 Å². The summed E-state index contributed by atoms with van der Waals surface area (Å²) in [6.45, 7) is 7.05. The molecule has 4 aromatic carbocycles. The average Bonchev–Trinajstić information content (AvgIpc) is 3.00. The van der Waals surface area contributed by atoms with Gasteiger partial charge in [0.15, 0.2) is 5.44 Å². The Morgan fingerprint density at radius 1 is 0.585 bits per heavy atom. The molecule has 0 aromatic heterocycles. The summed E-state index contributed by atoms with van der Waals surface area (Å²) in [4.78, 5) is 0.781. The van der Waals surface area contributed by atoms with Gasteiger partial charge in [0, 0.05) is 4.90 Å². The number of ether oxygens (including phenoxy) is 4. The molecule has 1 heterocycles. The summed E-state index contributed by atoms with van der Waals surface area (Å²) in [6, 6.07) is 36.1. The quantitative estimate of drug-likeness (QED) is 0.196. The first-order valence-corrected chi connectivity index (χ1v) is 15.3. The minimum atomic E-state index is -1.51. The van der Waals surface area contributed by atoms with Gasteiger partial charge in [-0.05, 0) is 48.6 Å². The van der Waals surface area contributed by atoms with Gasteiger partial charge < -0.3 is 18.9 Å². The van der Waals surface area contributed by atoms with Gasteiger partial charge >= 0.3 is 0 Å². The summed E-state index contributed by atoms with van der Waals surface area (Å²) in [5, 5.41) is 0. The van der Waals surface area contributed by atoms with Crippen LogP contribution in [0.25, 0.3) is 0 Å². The largest absolute Gasteiger partial charge is 0.368 e. The lowest BCUT2D eigenvalue weighted by atomic mass is 9.99. The van der Waals surface area contributed by atoms with Crippen molar-refractivity contribution in [3.63, 3.8) is 0 Å². The Labute approximate surface area is 245 Å². The Bertz CT molecular complexity index is 1380. The first-order chi connectivity index (χ1) is 20.0. The van der Waals surface area contributed by atoms with Crippen molar-refractivity contribution in [2.24, 2.45) is 0 Å². The molecule has 214 valence electrons. The lowest BCUT2D eigenvalue weighted by Gasteiger charge is -2.45. The van der Waals surface area contributed by atoms with Crippen LogP contribution >= 0.6 is 0 Å². The van der Waals surface area contributed by atoms with Crippen molar-refractivity contribution in [1.29, 1.82) is 0 Å². The fourth-order valence-corrected chi connectivity index (χ4v) is 7.03. The number of hydrogen-bond donors (Lipinski definition) is 0. The topological polar surface area (TPSA) is 54.0 Å². The highest BCUT2D eigenvalue weighted by Gasteiger charge is 2.49. The second kappa shape index (κ2) is 14.2. The van der Waals surface area contributed by atoms with Crippen molar-refractivity contribution in [2.75, 3.05) is 0 Å². The van der Waals surface area contributed by atoms with Gasteiger partial charge in [-0.1, -0.05) is 109 Å². The third-order valence-corrected chi connectivity index (χ3v) is 9.25. The molecule has 1 unspecified atom stereocenters. The average molecular weight is 571 g/mol. The fourth-order valence-electron chi connectivity index (χ4n) is 5.27. The van der Waals surface area contributed by atoms with Crippen LogP contribution in [0.2, 0.25) is 0 Å². The minimum absolute atomic E-state index is 0.334. The van der Waals surface area contributed by atoms with E-state index in [9.17, 15) is 4.21 Å². The number of rotatable bonds is 11. The molecule has 0 bridgehead atoms. The SMILES string of the molecule is Cc1cccc(C)c1S(=O)[C@H]1O[C@@H](C)[C@@H](OCc2ccccc2)[C@@H](OCc2ccccc2)[C@@H]1OCc1ccccc1. The van der Waals surface area contributed by atoms with E-state index in [-0.39, 0.29) is 6.10 Å². The Morgan fingerprint density at radius 2 is 1.00 bits per heavy atom. The summed E-state index contributed by atoms with van der Waals surface area (Å²) >= 11 is 0. The zero-order chi connectivity index (χ0) is 28.6. The van der Waals surface area contributed by atoms with Crippen molar-refractivity contribution in [2.45, 2.75) is 75.3 Å². The highest BCUT2D eigenvalue weighted by Crippen LogP contribution is 2.34. The Morgan fingerprint density at radius 3 is 1.46 bits per heavy atom. The van der Waals surface area contributed by atoms with Crippen LogP contribution in [-0.2, 0) is 49.6 Å². The maximum atomic E-state index is 14.3. The lowest BCUT2D eigenvalue weighted by molar-refractivity contribution is -0.243. The Hall–Kier alpha value is -3.13. The van der Waals surface area contributed by atoms with Crippen LogP contribution in [-0.4, -0.2) is 34.1 Å². The summed E-state index contributed by atoms with van der Waals surface area (Å²) in [5.74, 6) is 0. The number of aryl methyl sites for hydroxylation is 2. The first kappa shape index (κ1) is 29.4. The van der Waals surface area contributed by atoms with Crippen molar-refractivity contribution in [3.05, 3.63) is 137 Å². The maximum absolute atomic E-state index is 14.3. The molecule has 1 aliphatic heterocycles. The predicted molar refractivity (Wildman–Crippen MR) is 162 cm³/mol. The van der Waals surface area contributed by atoms with Crippen molar-refractivity contribution >= 4 is 10.8 Å². The standard InChI is InChI=1S/C35H38O5S/c1-25-14-13-15-26(2)34(25)41(36)35-33(39-24-30-20-11-6-12-21-30)32(38-23-29-18-9-5-10-19-29)31(27(3)40-35)37-22-28-16-7-4-8-17-28/h4-21,27,31-33,35H,22-24H2,1-3H3/t27-,31+,32+,33-,35+,41?/m0/s1. The highest BCUT2D eigenvalue weighted by atomic mass is 32.2. The van der Waals surface area contributed by atoms with Crippen LogP contribution in [0.15, 0.2) is 114 Å². The molecule has 1 saturated heterocycles. The molecule has 0 saturated carbocycles. The van der Waals surface area contributed by atoms with Crippen LogP contribution in [0.4, 0.5) is 0 Å². The predicted octanol–water partition coefficient (Wildman–Crippen LogP) is 6.91. The van der Waals surface area contributed by atoms with E-state index < -0.39 is 34.5 Å². The van der Waals surface area contributed by atoms with Gasteiger partial charge in [-0.2, -0.15) is 0 Å². The van der Waals surface area contributed by atoms with Gasteiger partial charge in [-0.3, -0.25) is 4.21 Å². The van der Waals surface area contributed by atoms with Crippen LogP contribution in [0.3, 0.4) is 0 Å². The molecule has 0 N–H and O–H groups in total. The molecule has 0 aliphatic carbocycles. The summed E-state index contributed by atoms with van der Waals surface area (Å²) in [5.41, 5.74) is 4.31. The van der Waals surface area contributed by atoms with Crippen LogP contribution in [0.1, 0.15) is 34.7 Å². The van der Waals surface area contributed by atoms with Crippen LogP contribution < -0.4 is 0 Å². The number of benzene rings is 4. The smallest absolute Gasteiger partial charge is 0.166 e. The molecule has 6 heteroatoms. The van der Waals surface area contributed by atoms with E-state index in [1.165, 1.54) is 0 Å². The van der Waals surface area contributed by atoms with E-state index in [1.54, 1.807) is 0 Å². The zero-order valence-corrected chi connectivity index (χ0v) is 24.7. The first-order valence-electron chi connectivity index (χ1n) is 14.1. The Kier molecular flexibility index (Phi) is 10.1. The normalized spacial score (nSPS) is 23.2. The molecule has 0 radical (unpaired) electrons. The molecular formula is C35H38O5S. The monoisotopic (exact) mass is 570 g/mol. The fraction of sp³-hybridized carbons (Fsp3) is 0.314. The molecular weight excluding hydrogens is 532 g/mol. The van der Waals surface area contributed by atoms with Gasteiger partial charge in [0.25, 0.3) is 0 Å². The van der Waals surface area contributed by atoms with E-state index >= 15 is 0 Å².